The average molecular weight is 483 g/mol. The maximum Gasteiger partial charge on any atom is 0.255 e. The largest absolute Gasteiger partial charge is 0.493 e. The quantitative estimate of drug-likeness (QED) is 0.617. The molecule has 0 unspecified atom stereocenters. The Labute approximate surface area is 193 Å². The van der Waals surface area contributed by atoms with E-state index in [1.54, 1.807) is 12.1 Å². The van der Waals surface area contributed by atoms with Crippen molar-refractivity contribution in [1.29, 1.82) is 0 Å². The summed E-state index contributed by atoms with van der Waals surface area (Å²) < 4.78 is 43.4. The van der Waals surface area contributed by atoms with E-state index >= 15 is 0 Å². The Balaban J connectivity index is 1.80. The van der Waals surface area contributed by atoms with Crippen LogP contribution in [0.5, 0.6) is 11.5 Å². The maximum atomic E-state index is 12.9. The normalized spacial score (nSPS) is 14.9. The van der Waals surface area contributed by atoms with Crippen LogP contribution in [0.2, 0.25) is 5.02 Å². The number of benzene rings is 2. The number of hydrogen-bond donors (Lipinski definition) is 1. The van der Waals surface area contributed by atoms with E-state index in [1.807, 2.05) is 13.8 Å². The first-order valence-electron chi connectivity index (χ1n) is 10.2. The highest BCUT2D eigenvalue weighted by atomic mass is 35.5. The monoisotopic (exact) mass is 482 g/mol. The molecule has 1 aliphatic heterocycles. The molecule has 1 N–H and O–H groups in total. The molecule has 0 spiro atoms. The molecule has 1 saturated heterocycles. The topological polar surface area (TPSA) is 94.2 Å². The molecule has 0 radical (unpaired) electrons. The van der Waals surface area contributed by atoms with Crippen LogP contribution in [0.4, 0.5) is 5.69 Å². The molecule has 8 nitrogen and oxygen atoms in total. The van der Waals surface area contributed by atoms with E-state index in [4.69, 9.17) is 25.8 Å². The first kappa shape index (κ1) is 24.3. The van der Waals surface area contributed by atoms with Crippen molar-refractivity contribution in [1.82, 2.24) is 4.31 Å². The number of anilines is 1. The van der Waals surface area contributed by atoms with Crippen molar-refractivity contribution in [2.24, 2.45) is 5.92 Å². The third-order valence-electron chi connectivity index (χ3n) is 4.75. The van der Waals surface area contributed by atoms with Gasteiger partial charge in [0.05, 0.1) is 36.8 Å². The lowest BCUT2D eigenvalue weighted by Crippen LogP contribution is -2.40. The van der Waals surface area contributed by atoms with Gasteiger partial charge in [0.1, 0.15) is 0 Å². The van der Waals surface area contributed by atoms with Gasteiger partial charge in [0, 0.05) is 24.3 Å². The third-order valence-corrected chi connectivity index (χ3v) is 6.93. The van der Waals surface area contributed by atoms with E-state index in [0.29, 0.717) is 56.0 Å². The first-order valence-corrected chi connectivity index (χ1v) is 12.0. The van der Waals surface area contributed by atoms with Crippen molar-refractivity contribution in [3.8, 4) is 11.5 Å². The zero-order chi connectivity index (χ0) is 23.3. The number of nitrogens with one attached hydrogen (secondary N) is 1. The summed E-state index contributed by atoms with van der Waals surface area (Å²) in [5.41, 5.74) is 0.602. The van der Waals surface area contributed by atoms with Gasteiger partial charge in [-0.3, -0.25) is 4.79 Å². The lowest BCUT2D eigenvalue weighted by atomic mass is 10.1. The summed E-state index contributed by atoms with van der Waals surface area (Å²) in [6.45, 7) is 5.77. The molecule has 3 rings (SSSR count). The molecule has 32 heavy (non-hydrogen) atoms. The van der Waals surface area contributed by atoms with Crippen molar-refractivity contribution in [3.05, 3.63) is 47.0 Å². The summed E-state index contributed by atoms with van der Waals surface area (Å²) in [6.07, 6.45) is 0. The number of rotatable bonds is 8. The van der Waals surface area contributed by atoms with Gasteiger partial charge in [0.2, 0.25) is 10.0 Å². The highest BCUT2D eigenvalue weighted by Crippen LogP contribution is 2.37. The Bertz CT molecular complexity index is 1070. The number of morpholine rings is 1. The van der Waals surface area contributed by atoms with Gasteiger partial charge in [-0.05, 0) is 36.2 Å². The van der Waals surface area contributed by atoms with Crippen molar-refractivity contribution >= 4 is 33.2 Å². The van der Waals surface area contributed by atoms with Gasteiger partial charge in [-0.1, -0.05) is 31.5 Å². The first-order chi connectivity index (χ1) is 15.2. The molecular formula is C22H27ClN2O6S. The molecule has 174 valence electrons. The molecule has 2 aromatic carbocycles. The van der Waals surface area contributed by atoms with Gasteiger partial charge in [-0.2, -0.15) is 4.31 Å². The predicted molar refractivity (Wildman–Crippen MR) is 122 cm³/mol. The Morgan fingerprint density at radius 3 is 2.59 bits per heavy atom. The fraction of sp³-hybridized carbons (Fsp3) is 0.409. The Morgan fingerprint density at radius 1 is 1.22 bits per heavy atom. The van der Waals surface area contributed by atoms with Crippen LogP contribution < -0.4 is 14.8 Å². The van der Waals surface area contributed by atoms with Gasteiger partial charge in [-0.25, -0.2) is 8.42 Å². The van der Waals surface area contributed by atoms with E-state index in [1.165, 1.54) is 35.7 Å². The Morgan fingerprint density at radius 2 is 1.94 bits per heavy atom. The van der Waals surface area contributed by atoms with E-state index in [0.717, 1.165) is 0 Å². The second kappa shape index (κ2) is 10.5. The number of methoxy groups -OCH3 is 1. The number of hydrogen-bond acceptors (Lipinski definition) is 6. The highest BCUT2D eigenvalue weighted by Gasteiger charge is 2.26. The zero-order valence-electron chi connectivity index (χ0n) is 18.3. The molecule has 0 saturated carbocycles. The fourth-order valence-corrected chi connectivity index (χ4v) is 4.83. The van der Waals surface area contributed by atoms with Gasteiger partial charge in [0.15, 0.2) is 11.5 Å². The van der Waals surface area contributed by atoms with Crippen LogP contribution in [0.3, 0.4) is 0 Å². The number of sulfonamides is 1. The number of nitrogens with zero attached hydrogens (tertiary/aromatic N) is 1. The van der Waals surface area contributed by atoms with Crippen molar-refractivity contribution in [3.63, 3.8) is 0 Å². The lowest BCUT2D eigenvalue weighted by Gasteiger charge is -2.26. The number of ether oxygens (including phenoxy) is 3. The van der Waals surface area contributed by atoms with Crippen LogP contribution in [-0.4, -0.2) is 58.7 Å². The second-order valence-electron chi connectivity index (χ2n) is 7.69. The Hall–Kier alpha value is -2.33. The smallest absolute Gasteiger partial charge is 0.255 e. The summed E-state index contributed by atoms with van der Waals surface area (Å²) in [6, 6.07) is 9.16. The molecule has 0 bridgehead atoms. The minimum absolute atomic E-state index is 0.102. The van der Waals surface area contributed by atoms with Gasteiger partial charge < -0.3 is 19.5 Å². The molecule has 2 aromatic rings. The molecule has 0 atom stereocenters. The molecule has 1 amide bonds. The van der Waals surface area contributed by atoms with Crippen LogP contribution in [-0.2, 0) is 14.8 Å². The number of halogens is 1. The van der Waals surface area contributed by atoms with E-state index < -0.39 is 15.9 Å². The SMILES string of the molecule is COc1cc(C(=O)Nc2cccc(S(=O)(=O)N3CCOCC3)c2)cc(Cl)c1OCC(C)C. The molecule has 10 heteroatoms. The second-order valence-corrected chi connectivity index (χ2v) is 10.0. The summed E-state index contributed by atoms with van der Waals surface area (Å²) in [5.74, 6) is 0.547. The fourth-order valence-electron chi connectivity index (χ4n) is 3.11. The van der Waals surface area contributed by atoms with Gasteiger partial charge >= 0.3 is 0 Å². The molecule has 0 aromatic heterocycles. The van der Waals surface area contributed by atoms with E-state index in [9.17, 15) is 13.2 Å². The van der Waals surface area contributed by atoms with Crippen molar-refractivity contribution in [2.45, 2.75) is 18.7 Å². The standard InChI is InChI=1S/C22H27ClN2O6S/c1-15(2)14-31-21-19(23)11-16(12-20(21)29-3)22(26)24-17-5-4-6-18(13-17)32(27,28)25-7-9-30-10-8-25/h4-6,11-13,15H,7-10,14H2,1-3H3,(H,24,26). The summed E-state index contributed by atoms with van der Waals surface area (Å²) >= 11 is 6.33. The minimum atomic E-state index is -3.68. The van der Waals surface area contributed by atoms with E-state index in [-0.39, 0.29) is 15.5 Å². The Kier molecular flexibility index (Phi) is 8.00. The molecule has 1 fully saturated rings. The van der Waals surface area contributed by atoms with Crippen LogP contribution in [0.1, 0.15) is 24.2 Å². The van der Waals surface area contributed by atoms with Crippen LogP contribution in [0.25, 0.3) is 0 Å². The predicted octanol–water partition coefficient (Wildman–Crippen LogP) is 3.66. The molecule has 1 heterocycles. The highest BCUT2D eigenvalue weighted by molar-refractivity contribution is 7.89. The zero-order valence-corrected chi connectivity index (χ0v) is 19.8. The summed E-state index contributed by atoms with van der Waals surface area (Å²) in [5, 5.41) is 2.97. The number of amides is 1. The summed E-state index contributed by atoms with van der Waals surface area (Å²) in [7, 11) is -2.21. The van der Waals surface area contributed by atoms with Crippen LogP contribution in [0, 0.1) is 5.92 Å². The minimum Gasteiger partial charge on any atom is -0.493 e. The average Bonchev–Trinajstić information content (AvgIpc) is 2.78. The summed E-state index contributed by atoms with van der Waals surface area (Å²) in [4.78, 5) is 12.9. The lowest BCUT2D eigenvalue weighted by molar-refractivity contribution is 0.0730. The number of carbonyl (C=O) groups excluding carboxylic acids is 1. The van der Waals surface area contributed by atoms with Gasteiger partial charge in [0.25, 0.3) is 5.91 Å². The maximum absolute atomic E-state index is 12.9. The third kappa shape index (κ3) is 5.72. The van der Waals surface area contributed by atoms with E-state index in [2.05, 4.69) is 5.32 Å². The van der Waals surface area contributed by atoms with Crippen molar-refractivity contribution in [2.75, 3.05) is 45.3 Å². The molecule has 0 aliphatic carbocycles. The van der Waals surface area contributed by atoms with Crippen LogP contribution >= 0.6 is 11.6 Å². The number of carbonyl (C=O) groups is 1. The molecule has 1 aliphatic rings. The van der Waals surface area contributed by atoms with Gasteiger partial charge in [-0.15, -0.1) is 0 Å². The van der Waals surface area contributed by atoms with Crippen LogP contribution in [0.15, 0.2) is 41.3 Å². The molecular weight excluding hydrogens is 456 g/mol. The van der Waals surface area contributed by atoms with Crippen molar-refractivity contribution < 1.29 is 27.4 Å².